The van der Waals surface area contributed by atoms with Gasteiger partial charge in [-0.05, 0) is 69.2 Å². The molecule has 26 nitrogen and oxygen atoms in total. The lowest BCUT2D eigenvalue weighted by Gasteiger charge is -2.12. The minimum atomic E-state index is -1.06. The minimum absolute atomic E-state index is 0.0208. The summed E-state index contributed by atoms with van der Waals surface area (Å²) in [5.74, 6) is -5.36. The number of guanidine groups is 2. The van der Waals surface area contributed by atoms with Gasteiger partial charge in [-0.15, -0.1) is 11.3 Å². The molecule has 0 aliphatic rings. The monoisotopic (exact) mass is 949 g/mol. The molecule has 64 heavy (non-hydrogen) atoms. The van der Waals surface area contributed by atoms with Gasteiger partial charge in [0.1, 0.15) is 36.3 Å². The maximum Gasteiger partial charge on any atom is 0.326 e. The van der Waals surface area contributed by atoms with Crippen LogP contribution >= 0.6 is 24.0 Å². The summed E-state index contributed by atoms with van der Waals surface area (Å²) in [6.07, 6.45) is 3.95. The lowest BCUT2D eigenvalue weighted by atomic mass is 10.1. The number of carboxylic acids is 5. The van der Waals surface area contributed by atoms with E-state index in [2.05, 4.69) is 33.6 Å². The molecule has 0 fully saturated rings. The number of nitrogen functional groups attached to an aromatic ring is 1. The number of carbonyl (C=O) groups excluding carboxylic acids is 1. The van der Waals surface area contributed by atoms with Gasteiger partial charge in [-0.3, -0.25) is 34.8 Å². The zero-order chi connectivity index (χ0) is 50.5. The number of nitrogens with two attached hydrogens (primary N) is 8. The van der Waals surface area contributed by atoms with Crippen LogP contribution in [0.1, 0.15) is 70.7 Å². The number of unbranched alkanes of at least 4 members (excludes halogenated alkanes) is 1. The molecule has 5 atom stereocenters. The highest BCUT2D eigenvalue weighted by molar-refractivity contribution is 7.80. The van der Waals surface area contributed by atoms with Gasteiger partial charge in [0.15, 0.2) is 16.9 Å². The van der Waals surface area contributed by atoms with Gasteiger partial charge in [0.05, 0.1) is 10.2 Å². The number of nitrogens with one attached hydrogen (secondary N) is 5. The molecule has 26 N–H and O–H groups in total. The molecular formula is C36H67N15O11S2. The number of amides is 1. The van der Waals surface area contributed by atoms with Gasteiger partial charge < -0.3 is 87.4 Å². The van der Waals surface area contributed by atoms with Crippen molar-refractivity contribution in [1.29, 1.82) is 16.1 Å². The van der Waals surface area contributed by atoms with Gasteiger partial charge in [0, 0.05) is 31.5 Å². The highest BCUT2D eigenvalue weighted by Gasteiger charge is 2.17. The molecule has 0 bridgehead atoms. The normalized spacial score (nSPS) is 12.1. The number of fused-ring (bicyclic) bond motifs is 1. The summed E-state index contributed by atoms with van der Waals surface area (Å²) in [4.78, 5) is 65.5. The number of hydrogen-bond acceptors (Lipinski definition) is 18. The summed E-state index contributed by atoms with van der Waals surface area (Å²) < 4.78 is 0.964. The van der Waals surface area contributed by atoms with Crippen LogP contribution in [0.15, 0.2) is 18.2 Å². The molecule has 1 aromatic heterocycles. The number of thiol groups is 1. The second-order valence-corrected chi connectivity index (χ2v) is 14.7. The number of rotatable bonds is 20. The van der Waals surface area contributed by atoms with Crippen molar-refractivity contribution in [3.8, 4) is 6.07 Å². The third-order valence-electron chi connectivity index (χ3n) is 7.30. The first-order valence-corrected chi connectivity index (χ1v) is 20.6. The van der Waals surface area contributed by atoms with E-state index in [1.807, 2.05) is 18.2 Å². The van der Waals surface area contributed by atoms with E-state index < -0.39 is 60.1 Å². The lowest BCUT2D eigenvalue weighted by Crippen LogP contribution is -2.40. The van der Waals surface area contributed by atoms with Crippen molar-refractivity contribution in [2.75, 3.05) is 31.1 Å². The zero-order valence-electron chi connectivity index (χ0n) is 36.0. The number of aromatic nitrogens is 1. The number of hydrogen-bond donors (Lipinski definition) is 19. The summed E-state index contributed by atoms with van der Waals surface area (Å²) in [5.41, 5.74) is 42.9. The van der Waals surface area contributed by atoms with E-state index in [-0.39, 0.29) is 29.5 Å². The van der Waals surface area contributed by atoms with E-state index >= 15 is 0 Å². The molecule has 0 spiro atoms. The number of carboxylic acid groups (broad SMARTS) is 5. The average Bonchev–Trinajstić information content (AvgIpc) is 3.63. The van der Waals surface area contributed by atoms with Crippen LogP contribution in [0.4, 0.5) is 5.69 Å². The maximum atomic E-state index is 10.7. The second-order valence-electron chi connectivity index (χ2n) is 13.3. The number of aliphatic carboxylic acids is 5. The standard InChI is InChI=1S/C8H16N4O3.C8H5N3S.C6H14N4O2.C6H14N2O2.C5H11NO2.C3H7NO2S/c1-5(13)12-6(7(14)15)3-2-4-11-8(9)10;9-4-8-11-6-2-1-5(10)3-7(6)12-8;7-4(5(11)12)2-1-3-10-6(8)9;7-4-2-1-3-5(8)6(9)10;1-3(2)4(6)5(7)8;4-2(1-7)3(5)6/h6H,2-4H2,1H3,(H,12,13)(H,14,15)(H4,9,10,11);1-3H,10H2;4H,1-3,7H2,(H,11,12)(H4,8,9,10);5H,1-4,7-8H2,(H,9,10);3-4H,6H2,1-2H3,(H,7,8);2,7H,1,4H2,(H,5,6). The Morgan fingerprint density at radius 2 is 1.25 bits per heavy atom. The predicted octanol–water partition coefficient (Wildman–Crippen LogP) is -1.84. The Balaban J connectivity index is -0.000000343. The number of nitrogens with zero attached hydrogens (tertiary/aromatic N) is 2. The Labute approximate surface area is 380 Å². The first-order valence-electron chi connectivity index (χ1n) is 19.1. The lowest BCUT2D eigenvalue weighted by molar-refractivity contribution is -0.142. The van der Waals surface area contributed by atoms with Crippen LogP contribution in [0, 0.1) is 28.1 Å². The Bertz CT molecular complexity index is 1760. The molecule has 364 valence electrons. The second kappa shape index (κ2) is 38.6. The third kappa shape index (κ3) is 38.8. The van der Waals surface area contributed by atoms with E-state index in [1.54, 1.807) is 19.9 Å². The zero-order valence-corrected chi connectivity index (χ0v) is 37.7. The van der Waals surface area contributed by atoms with Crippen LogP contribution in [0.2, 0.25) is 0 Å². The fourth-order valence-electron chi connectivity index (χ4n) is 3.68. The number of benzene rings is 1. The van der Waals surface area contributed by atoms with Crippen LogP contribution < -0.4 is 61.8 Å². The highest BCUT2D eigenvalue weighted by Crippen LogP contribution is 2.23. The number of thiazole rings is 1. The first kappa shape index (κ1) is 64.5. The molecule has 1 heterocycles. The molecular weight excluding hydrogens is 883 g/mol. The Morgan fingerprint density at radius 1 is 0.781 bits per heavy atom. The molecule has 0 aliphatic carbocycles. The predicted molar refractivity (Wildman–Crippen MR) is 246 cm³/mol. The summed E-state index contributed by atoms with van der Waals surface area (Å²) in [7, 11) is 0. The van der Waals surface area contributed by atoms with Crippen molar-refractivity contribution in [2.45, 2.75) is 95.9 Å². The van der Waals surface area contributed by atoms with Gasteiger partial charge in [-0.2, -0.15) is 17.9 Å². The van der Waals surface area contributed by atoms with Crippen molar-refractivity contribution in [3.63, 3.8) is 0 Å². The van der Waals surface area contributed by atoms with E-state index in [4.69, 9.17) is 87.5 Å². The van der Waals surface area contributed by atoms with Crippen LogP contribution in [0.3, 0.4) is 0 Å². The molecule has 0 saturated carbocycles. The minimum Gasteiger partial charge on any atom is -0.480 e. The maximum absolute atomic E-state index is 10.7. The highest BCUT2D eigenvalue weighted by atomic mass is 32.1. The van der Waals surface area contributed by atoms with Crippen molar-refractivity contribution in [1.82, 2.24) is 20.9 Å². The van der Waals surface area contributed by atoms with E-state index in [0.717, 1.165) is 23.1 Å². The van der Waals surface area contributed by atoms with Gasteiger partial charge in [0.2, 0.25) is 5.91 Å². The van der Waals surface area contributed by atoms with E-state index in [9.17, 15) is 28.8 Å². The van der Waals surface area contributed by atoms with Crippen LogP contribution in [0.5, 0.6) is 0 Å². The number of anilines is 1. The molecule has 2 aromatic rings. The van der Waals surface area contributed by atoms with Crippen LogP contribution in [-0.4, -0.2) is 134 Å². The topological polar surface area (TPSA) is 532 Å². The smallest absolute Gasteiger partial charge is 0.326 e. The molecule has 0 aliphatic heterocycles. The quantitative estimate of drug-likeness (QED) is 0.0228. The van der Waals surface area contributed by atoms with Crippen molar-refractivity contribution < 1.29 is 54.3 Å². The first-order chi connectivity index (χ1) is 29.7. The van der Waals surface area contributed by atoms with Crippen LogP contribution in [0.25, 0.3) is 10.2 Å². The SMILES string of the molecule is CC(=O)NC(CCCNC(=N)N)C(=O)O.CC(C)C(N)C(=O)O.N#Cc1nc2ccc(N)cc2s1.N=C(N)NCCCC(N)C(=O)O.NC(CS)C(=O)O.NCCCCC(N)C(=O)O. The van der Waals surface area contributed by atoms with E-state index in [0.29, 0.717) is 62.4 Å². The summed E-state index contributed by atoms with van der Waals surface area (Å²) >= 11 is 5.01. The average molecular weight is 950 g/mol. The number of carbonyl (C=O) groups is 6. The van der Waals surface area contributed by atoms with Crippen molar-refractivity contribution in [2.24, 2.45) is 46.1 Å². The molecule has 2 rings (SSSR count). The molecule has 0 radical (unpaired) electrons. The fourth-order valence-corrected chi connectivity index (χ4v) is 4.65. The molecule has 0 saturated heterocycles. The summed E-state index contributed by atoms with van der Waals surface area (Å²) in [6.45, 7) is 6.32. The van der Waals surface area contributed by atoms with Crippen molar-refractivity contribution >= 4 is 87.5 Å². The van der Waals surface area contributed by atoms with Crippen molar-refractivity contribution in [3.05, 3.63) is 23.2 Å². The molecule has 5 unspecified atom stereocenters. The Morgan fingerprint density at radius 3 is 1.58 bits per heavy atom. The third-order valence-corrected chi connectivity index (χ3v) is 8.61. The largest absolute Gasteiger partial charge is 0.480 e. The molecule has 28 heteroatoms. The molecule has 1 aromatic carbocycles. The van der Waals surface area contributed by atoms with Gasteiger partial charge in [0.25, 0.3) is 0 Å². The summed E-state index contributed by atoms with van der Waals surface area (Å²) in [6, 6.07) is 3.49. The Hall–Kier alpha value is -6.09. The fraction of sp³-hybridized carbons (Fsp3) is 0.556. The molecule has 1 amide bonds. The summed E-state index contributed by atoms with van der Waals surface area (Å²) in [5, 5.41) is 71.8. The van der Waals surface area contributed by atoms with Gasteiger partial charge in [-0.25, -0.2) is 9.78 Å². The van der Waals surface area contributed by atoms with Gasteiger partial charge in [-0.1, -0.05) is 20.3 Å². The number of nitriles is 1. The Kier molecular flexibility index (Phi) is 38.9. The van der Waals surface area contributed by atoms with E-state index in [1.165, 1.54) is 18.3 Å². The van der Waals surface area contributed by atoms with Gasteiger partial charge >= 0.3 is 29.8 Å². The van der Waals surface area contributed by atoms with Crippen LogP contribution in [-0.2, 0) is 28.8 Å².